The summed E-state index contributed by atoms with van der Waals surface area (Å²) < 4.78 is 20.7. The molecule has 0 amide bonds. The van der Waals surface area contributed by atoms with Gasteiger partial charge in [0.1, 0.15) is 11.4 Å². The van der Waals surface area contributed by atoms with Crippen LogP contribution in [0.4, 0.5) is 4.39 Å². The Labute approximate surface area is 116 Å². The van der Waals surface area contributed by atoms with Crippen molar-refractivity contribution in [2.45, 2.75) is 0 Å². The van der Waals surface area contributed by atoms with Crippen LogP contribution in [0, 0.1) is 5.82 Å². The highest BCUT2D eigenvalue weighted by atomic mass is 19.1. The summed E-state index contributed by atoms with van der Waals surface area (Å²) in [7, 11) is 1.60. The molecule has 3 aromatic rings. The number of para-hydroxylation sites is 1. The Bertz CT molecular complexity index is 705. The molecule has 3 nitrogen and oxygen atoms in total. The van der Waals surface area contributed by atoms with Crippen LogP contribution in [0.1, 0.15) is 0 Å². The second-order valence-corrected chi connectivity index (χ2v) is 4.33. The van der Waals surface area contributed by atoms with Gasteiger partial charge in [-0.15, -0.1) is 0 Å². The normalized spacial score (nSPS) is 10.5. The molecule has 0 aliphatic carbocycles. The van der Waals surface area contributed by atoms with Crippen molar-refractivity contribution in [3.05, 3.63) is 66.6 Å². The van der Waals surface area contributed by atoms with E-state index in [9.17, 15) is 4.39 Å². The van der Waals surface area contributed by atoms with Gasteiger partial charge in [0, 0.05) is 5.56 Å². The zero-order chi connectivity index (χ0) is 13.9. The molecule has 3 rings (SSSR count). The summed E-state index contributed by atoms with van der Waals surface area (Å²) in [6.07, 6.45) is 1.38. The molecule has 0 bridgehead atoms. The lowest BCUT2D eigenvalue weighted by Crippen LogP contribution is -1.94. The average Bonchev–Trinajstić information content (AvgIpc) is 2.90. The van der Waals surface area contributed by atoms with E-state index in [1.807, 2.05) is 30.3 Å². The van der Waals surface area contributed by atoms with Crippen molar-refractivity contribution < 1.29 is 9.13 Å². The zero-order valence-corrected chi connectivity index (χ0v) is 11.0. The summed E-state index contributed by atoms with van der Waals surface area (Å²) in [4.78, 5) is 0. The van der Waals surface area contributed by atoms with Gasteiger partial charge in [0.05, 0.1) is 19.0 Å². The lowest BCUT2D eigenvalue weighted by molar-refractivity contribution is 0.415. The highest BCUT2D eigenvalue weighted by molar-refractivity contribution is 5.60. The van der Waals surface area contributed by atoms with Crippen LogP contribution in [-0.4, -0.2) is 16.9 Å². The number of benzene rings is 2. The quantitative estimate of drug-likeness (QED) is 0.724. The zero-order valence-electron chi connectivity index (χ0n) is 11.0. The molecule has 20 heavy (non-hydrogen) atoms. The number of ether oxygens (including phenoxy) is 1. The molecule has 0 radical (unpaired) electrons. The standard InChI is InChI=1S/C16H13FN2O/c1-20-14-9-7-12(8-10-14)16-15(17)11-19(18-16)13-5-3-2-4-6-13/h2-11H,1H3. The molecule has 1 aromatic heterocycles. The summed E-state index contributed by atoms with van der Waals surface area (Å²) in [6.45, 7) is 0. The van der Waals surface area contributed by atoms with Gasteiger partial charge >= 0.3 is 0 Å². The predicted molar refractivity (Wildman–Crippen MR) is 75.5 cm³/mol. The number of hydrogen-bond acceptors (Lipinski definition) is 2. The molecule has 0 aliphatic heterocycles. The summed E-state index contributed by atoms with van der Waals surface area (Å²) in [5.74, 6) is 0.385. The van der Waals surface area contributed by atoms with E-state index in [0.29, 0.717) is 5.69 Å². The third-order valence-corrected chi connectivity index (χ3v) is 3.05. The topological polar surface area (TPSA) is 27.1 Å². The SMILES string of the molecule is COc1ccc(-c2nn(-c3ccccc3)cc2F)cc1. The Balaban J connectivity index is 2.00. The summed E-state index contributed by atoms with van der Waals surface area (Å²) >= 11 is 0. The molecule has 0 aliphatic rings. The Hall–Kier alpha value is -2.62. The first-order valence-corrected chi connectivity index (χ1v) is 6.23. The molecule has 0 atom stereocenters. The van der Waals surface area contributed by atoms with Crippen molar-refractivity contribution in [3.8, 4) is 22.7 Å². The van der Waals surface area contributed by atoms with Crippen LogP contribution in [-0.2, 0) is 0 Å². The molecular weight excluding hydrogens is 255 g/mol. The van der Waals surface area contributed by atoms with Crippen molar-refractivity contribution in [1.29, 1.82) is 0 Å². The maximum absolute atomic E-state index is 14.0. The molecule has 2 aromatic carbocycles. The van der Waals surface area contributed by atoms with Gasteiger partial charge in [-0.1, -0.05) is 18.2 Å². The largest absolute Gasteiger partial charge is 0.497 e. The molecule has 0 fully saturated rings. The first kappa shape index (κ1) is 12.4. The third-order valence-electron chi connectivity index (χ3n) is 3.05. The molecule has 4 heteroatoms. The van der Waals surface area contributed by atoms with Crippen LogP contribution in [0.2, 0.25) is 0 Å². The lowest BCUT2D eigenvalue weighted by Gasteiger charge is -2.01. The Kier molecular flexibility index (Phi) is 3.21. The fourth-order valence-electron chi connectivity index (χ4n) is 2.01. The van der Waals surface area contributed by atoms with Crippen LogP contribution in [0.3, 0.4) is 0 Å². The van der Waals surface area contributed by atoms with E-state index in [2.05, 4.69) is 5.10 Å². The van der Waals surface area contributed by atoms with Crippen molar-refractivity contribution in [3.63, 3.8) is 0 Å². The van der Waals surface area contributed by atoms with E-state index in [4.69, 9.17) is 4.74 Å². The van der Waals surface area contributed by atoms with Gasteiger partial charge in [0.25, 0.3) is 0 Å². The number of methoxy groups -OCH3 is 1. The smallest absolute Gasteiger partial charge is 0.169 e. The first-order chi connectivity index (χ1) is 9.78. The maximum atomic E-state index is 14.0. The van der Waals surface area contributed by atoms with E-state index in [1.165, 1.54) is 10.9 Å². The predicted octanol–water partition coefficient (Wildman–Crippen LogP) is 3.69. The summed E-state index contributed by atoms with van der Waals surface area (Å²) in [6, 6.07) is 16.6. The van der Waals surface area contributed by atoms with Gasteiger partial charge in [-0.3, -0.25) is 0 Å². The number of rotatable bonds is 3. The molecule has 0 unspecified atom stereocenters. The van der Waals surface area contributed by atoms with Gasteiger partial charge in [0.2, 0.25) is 0 Å². The second kappa shape index (κ2) is 5.17. The average molecular weight is 268 g/mol. The molecule has 0 saturated carbocycles. The molecule has 100 valence electrons. The highest BCUT2D eigenvalue weighted by Gasteiger charge is 2.11. The van der Waals surface area contributed by atoms with Gasteiger partial charge in [-0.25, -0.2) is 9.07 Å². The van der Waals surface area contributed by atoms with E-state index in [0.717, 1.165) is 17.0 Å². The van der Waals surface area contributed by atoms with E-state index in [1.54, 1.807) is 31.4 Å². The minimum Gasteiger partial charge on any atom is -0.497 e. The number of nitrogens with zero attached hydrogens (tertiary/aromatic N) is 2. The maximum Gasteiger partial charge on any atom is 0.169 e. The third kappa shape index (κ3) is 2.28. The number of hydrogen-bond donors (Lipinski definition) is 0. The van der Waals surface area contributed by atoms with Crippen molar-refractivity contribution in [1.82, 2.24) is 9.78 Å². The van der Waals surface area contributed by atoms with Crippen LogP contribution in [0.25, 0.3) is 16.9 Å². The molecule has 0 spiro atoms. The minimum atomic E-state index is -0.348. The van der Waals surface area contributed by atoms with Gasteiger partial charge in [-0.05, 0) is 36.4 Å². The fraction of sp³-hybridized carbons (Fsp3) is 0.0625. The van der Waals surface area contributed by atoms with E-state index >= 15 is 0 Å². The van der Waals surface area contributed by atoms with E-state index in [-0.39, 0.29) is 5.82 Å². The number of halogens is 1. The summed E-state index contributed by atoms with van der Waals surface area (Å²) in [5.41, 5.74) is 1.88. The van der Waals surface area contributed by atoms with Crippen LogP contribution >= 0.6 is 0 Å². The monoisotopic (exact) mass is 268 g/mol. The lowest BCUT2D eigenvalue weighted by atomic mass is 10.1. The molecular formula is C16H13FN2O. The van der Waals surface area contributed by atoms with Gasteiger partial charge in [-0.2, -0.15) is 5.10 Å². The van der Waals surface area contributed by atoms with Gasteiger partial charge < -0.3 is 4.74 Å². The van der Waals surface area contributed by atoms with Gasteiger partial charge in [0.15, 0.2) is 5.82 Å². The Morgan fingerprint density at radius 3 is 2.35 bits per heavy atom. The Morgan fingerprint density at radius 2 is 1.70 bits per heavy atom. The van der Waals surface area contributed by atoms with Crippen LogP contribution in [0.15, 0.2) is 60.8 Å². The molecule has 0 saturated heterocycles. The highest BCUT2D eigenvalue weighted by Crippen LogP contribution is 2.24. The first-order valence-electron chi connectivity index (χ1n) is 6.23. The van der Waals surface area contributed by atoms with Crippen molar-refractivity contribution in [2.24, 2.45) is 0 Å². The number of aromatic nitrogens is 2. The second-order valence-electron chi connectivity index (χ2n) is 4.33. The van der Waals surface area contributed by atoms with Crippen molar-refractivity contribution >= 4 is 0 Å². The summed E-state index contributed by atoms with van der Waals surface area (Å²) in [5, 5.41) is 4.31. The van der Waals surface area contributed by atoms with Crippen molar-refractivity contribution in [2.75, 3.05) is 7.11 Å². The van der Waals surface area contributed by atoms with E-state index < -0.39 is 0 Å². The van der Waals surface area contributed by atoms with Crippen LogP contribution < -0.4 is 4.74 Å². The molecule has 0 N–H and O–H groups in total. The minimum absolute atomic E-state index is 0.330. The Morgan fingerprint density at radius 1 is 1.00 bits per heavy atom. The molecule has 1 heterocycles. The van der Waals surface area contributed by atoms with Crippen LogP contribution in [0.5, 0.6) is 5.75 Å². The fourth-order valence-corrected chi connectivity index (χ4v) is 2.01.